The van der Waals surface area contributed by atoms with E-state index < -0.39 is 0 Å². The first-order valence-corrected chi connectivity index (χ1v) is 8.24. The maximum absolute atomic E-state index is 12.7. The largest absolute Gasteiger partial charge is 0.368 e. The van der Waals surface area contributed by atoms with Crippen LogP contribution < -0.4 is 9.80 Å². The van der Waals surface area contributed by atoms with Crippen LogP contribution in [-0.4, -0.2) is 43.2 Å². The third kappa shape index (κ3) is 2.63. The molecule has 2 saturated heterocycles. The highest BCUT2D eigenvalue weighted by molar-refractivity contribution is 6.30. The molecule has 23 heavy (non-hydrogen) atoms. The van der Waals surface area contributed by atoms with Crippen LogP contribution in [-0.2, 0) is 0 Å². The van der Waals surface area contributed by atoms with Crippen molar-refractivity contribution in [3.8, 4) is 0 Å². The van der Waals surface area contributed by atoms with E-state index in [1.54, 1.807) is 0 Å². The van der Waals surface area contributed by atoms with E-state index in [2.05, 4.69) is 29.2 Å². The molecule has 118 valence electrons. The standard InChI is InChI=1S/C18H18ClN3O/c19-14-5-4-8-16(11-14)22-13-17-12-20(9-10-21(17)18(22)23)15-6-2-1-3-7-15/h1-8,11,17H,9-10,12-13H2. The van der Waals surface area contributed by atoms with Crippen LogP contribution in [0.4, 0.5) is 16.2 Å². The number of anilines is 2. The Morgan fingerprint density at radius 1 is 0.913 bits per heavy atom. The van der Waals surface area contributed by atoms with Crippen molar-refractivity contribution in [2.24, 2.45) is 0 Å². The van der Waals surface area contributed by atoms with Gasteiger partial charge >= 0.3 is 6.03 Å². The summed E-state index contributed by atoms with van der Waals surface area (Å²) in [6, 6.07) is 18.2. The van der Waals surface area contributed by atoms with Gasteiger partial charge in [-0.15, -0.1) is 0 Å². The van der Waals surface area contributed by atoms with Gasteiger partial charge in [-0.25, -0.2) is 4.79 Å². The van der Waals surface area contributed by atoms with Crippen LogP contribution in [0.25, 0.3) is 0 Å². The number of rotatable bonds is 2. The molecule has 1 unspecified atom stereocenters. The molecule has 2 amide bonds. The summed E-state index contributed by atoms with van der Waals surface area (Å²) in [5, 5.41) is 0.658. The SMILES string of the molecule is O=C1N(c2cccc(Cl)c2)CC2CN(c3ccccc3)CCN12. The average Bonchev–Trinajstić information content (AvgIpc) is 2.92. The first kappa shape index (κ1) is 14.4. The molecule has 1 atom stereocenters. The Morgan fingerprint density at radius 3 is 2.48 bits per heavy atom. The lowest BCUT2D eigenvalue weighted by molar-refractivity contribution is 0.199. The highest BCUT2D eigenvalue weighted by atomic mass is 35.5. The smallest absolute Gasteiger partial charge is 0.324 e. The predicted molar refractivity (Wildman–Crippen MR) is 93.3 cm³/mol. The molecule has 0 spiro atoms. The van der Waals surface area contributed by atoms with Crippen molar-refractivity contribution >= 4 is 29.0 Å². The Hall–Kier alpha value is -2.20. The predicted octanol–water partition coefficient (Wildman–Crippen LogP) is 3.47. The number of halogens is 1. The zero-order valence-electron chi connectivity index (χ0n) is 12.7. The van der Waals surface area contributed by atoms with Crippen molar-refractivity contribution in [3.63, 3.8) is 0 Å². The van der Waals surface area contributed by atoms with Crippen molar-refractivity contribution in [2.75, 3.05) is 36.0 Å². The quantitative estimate of drug-likeness (QED) is 0.844. The normalized spacial score (nSPS) is 20.8. The number of para-hydroxylation sites is 1. The molecule has 5 heteroatoms. The lowest BCUT2D eigenvalue weighted by Gasteiger charge is -2.37. The number of nitrogens with zero attached hydrogens (tertiary/aromatic N) is 3. The van der Waals surface area contributed by atoms with Gasteiger partial charge < -0.3 is 9.80 Å². The Bertz CT molecular complexity index is 721. The fraction of sp³-hybridized carbons (Fsp3) is 0.278. The topological polar surface area (TPSA) is 26.8 Å². The van der Waals surface area contributed by atoms with Crippen molar-refractivity contribution in [1.29, 1.82) is 0 Å². The third-order valence-corrected chi connectivity index (χ3v) is 4.83. The maximum atomic E-state index is 12.7. The zero-order chi connectivity index (χ0) is 15.8. The second-order valence-corrected chi connectivity index (χ2v) is 6.44. The molecule has 0 N–H and O–H groups in total. The fourth-order valence-corrected chi connectivity index (χ4v) is 3.62. The molecule has 0 radical (unpaired) electrons. The molecule has 0 bridgehead atoms. The molecule has 2 fully saturated rings. The maximum Gasteiger partial charge on any atom is 0.324 e. The summed E-state index contributed by atoms with van der Waals surface area (Å²) in [6.45, 7) is 3.21. The Morgan fingerprint density at radius 2 is 1.70 bits per heavy atom. The number of hydrogen-bond acceptors (Lipinski definition) is 2. The monoisotopic (exact) mass is 327 g/mol. The van der Waals surface area contributed by atoms with Crippen molar-refractivity contribution in [3.05, 3.63) is 59.6 Å². The van der Waals surface area contributed by atoms with Crippen LogP contribution in [0.2, 0.25) is 5.02 Å². The average molecular weight is 328 g/mol. The Kier molecular flexibility index (Phi) is 3.62. The number of urea groups is 1. The summed E-state index contributed by atoms with van der Waals surface area (Å²) >= 11 is 6.07. The molecule has 0 saturated carbocycles. The first-order valence-electron chi connectivity index (χ1n) is 7.86. The van der Waals surface area contributed by atoms with Gasteiger partial charge in [-0.2, -0.15) is 0 Å². The molecule has 2 aromatic carbocycles. The van der Waals surface area contributed by atoms with E-state index in [1.165, 1.54) is 5.69 Å². The second-order valence-electron chi connectivity index (χ2n) is 6.00. The molecule has 0 aliphatic carbocycles. The van der Waals surface area contributed by atoms with Gasteiger partial charge in [0.25, 0.3) is 0 Å². The summed E-state index contributed by atoms with van der Waals surface area (Å²) in [5.41, 5.74) is 2.10. The molecule has 2 aliphatic heterocycles. The van der Waals surface area contributed by atoms with Crippen molar-refractivity contribution in [2.45, 2.75) is 6.04 Å². The highest BCUT2D eigenvalue weighted by Gasteiger charge is 2.41. The van der Waals surface area contributed by atoms with E-state index in [-0.39, 0.29) is 12.1 Å². The summed E-state index contributed by atoms with van der Waals surface area (Å²) in [4.78, 5) is 18.9. The number of carbonyl (C=O) groups excluding carboxylic acids is 1. The lowest BCUT2D eigenvalue weighted by atomic mass is 10.1. The Balaban J connectivity index is 1.54. The minimum absolute atomic E-state index is 0.0879. The van der Waals surface area contributed by atoms with Gasteiger partial charge in [0.05, 0.1) is 6.04 Å². The summed E-state index contributed by atoms with van der Waals surface area (Å²) in [6.07, 6.45) is 0. The van der Waals surface area contributed by atoms with Gasteiger partial charge in [-0.05, 0) is 30.3 Å². The van der Waals surface area contributed by atoms with Gasteiger partial charge in [0.2, 0.25) is 0 Å². The van der Waals surface area contributed by atoms with Gasteiger partial charge in [-0.3, -0.25) is 4.90 Å². The van der Waals surface area contributed by atoms with E-state index in [0.29, 0.717) is 11.6 Å². The Labute approximate surface area is 140 Å². The summed E-state index contributed by atoms with van der Waals surface area (Å²) in [7, 11) is 0. The van der Waals surface area contributed by atoms with Gasteiger partial charge in [-0.1, -0.05) is 35.9 Å². The minimum Gasteiger partial charge on any atom is -0.368 e. The zero-order valence-corrected chi connectivity index (χ0v) is 13.5. The third-order valence-electron chi connectivity index (χ3n) is 4.59. The van der Waals surface area contributed by atoms with Gasteiger partial charge in [0.1, 0.15) is 0 Å². The lowest BCUT2D eigenvalue weighted by Crippen LogP contribution is -2.52. The van der Waals surface area contributed by atoms with E-state index >= 15 is 0 Å². The highest BCUT2D eigenvalue weighted by Crippen LogP contribution is 2.29. The minimum atomic E-state index is 0.0879. The molecule has 4 nitrogen and oxygen atoms in total. The van der Waals surface area contributed by atoms with Crippen molar-refractivity contribution < 1.29 is 4.79 Å². The van der Waals surface area contributed by atoms with E-state index in [4.69, 9.17) is 11.6 Å². The molecule has 2 aromatic rings. The second kappa shape index (κ2) is 5.78. The van der Waals surface area contributed by atoms with Crippen LogP contribution in [0, 0.1) is 0 Å². The molecular weight excluding hydrogens is 310 g/mol. The number of amides is 2. The fourth-order valence-electron chi connectivity index (χ4n) is 3.44. The van der Waals surface area contributed by atoms with E-state index in [1.807, 2.05) is 40.1 Å². The number of carbonyl (C=O) groups is 1. The molecular formula is C18H18ClN3O. The van der Waals surface area contributed by atoms with Crippen molar-refractivity contribution in [1.82, 2.24) is 4.90 Å². The van der Waals surface area contributed by atoms with Crippen LogP contribution in [0.15, 0.2) is 54.6 Å². The number of hydrogen-bond donors (Lipinski definition) is 0. The van der Waals surface area contributed by atoms with Crippen LogP contribution in [0.5, 0.6) is 0 Å². The van der Waals surface area contributed by atoms with Crippen LogP contribution >= 0.6 is 11.6 Å². The molecule has 0 aromatic heterocycles. The molecule has 2 heterocycles. The summed E-state index contributed by atoms with van der Waals surface area (Å²) in [5.74, 6) is 0. The number of piperazine rings is 1. The molecule has 2 aliphatic rings. The van der Waals surface area contributed by atoms with Gasteiger partial charge in [0.15, 0.2) is 0 Å². The van der Waals surface area contributed by atoms with Gasteiger partial charge in [0, 0.05) is 42.6 Å². The number of fused-ring (bicyclic) bond motifs is 1. The van der Waals surface area contributed by atoms with E-state index in [0.717, 1.165) is 25.3 Å². The molecule has 4 rings (SSSR count). The van der Waals surface area contributed by atoms with E-state index in [9.17, 15) is 4.79 Å². The first-order chi connectivity index (χ1) is 11.2. The van der Waals surface area contributed by atoms with Crippen LogP contribution in [0.3, 0.4) is 0 Å². The van der Waals surface area contributed by atoms with Crippen LogP contribution in [0.1, 0.15) is 0 Å². The number of benzene rings is 2. The summed E-state index contributed by atoms with van der Waals surface area (Å²) < 4.78 is 0.